The molecule has 0 fully saturated rings. The fraction of sp³-hybridized carbons (Fsp3) is 0.292. The van der Waals surface area contributed by atoms with E-state index in [-0.39, 0.29) is 19.0 Å². The fourth-order valence-electron chi connectivity index (χ4n) is 3.44. The predicted octanol–water partition coefficient (Wildman–Crippen LogP) is 3.75. The zero-order valence-electron chi connectivity index (χ0n) is 18.0. The second kappa shape index (κ2) is 10.4. The van der Waals surface area contributed by atoms with Gasteiger partial charge in [0.2, 0.25) is 0 Å². The van der Waals surface area contributed by atoms with E-state index in [1.54, 1.807) is 26.4 Å². The third-order valence-corrected chi connectivity index (χ3v) is 4.92. The van der Waals surface area contributed by atoms with E-state index in [1.165, 1.54) is 7.11 Å². The van der Waals surface area contributed by atoms with Gasteiger partial charge in [-0.2, -0.15) is 0 Å². The molecule has 0 unspecified atom stereocenters. The molecule has 0 spiro atoms. The normalized spacial score (nSPS) is 10.5. The topological polar surface area (TPSA) is 79.7 Å². The number of hydrogen-bond acceptors (Lipinski definition) is 6. The van der Waals surface area contributed by atoms with Crippen molar-refractivity contribution in [2.75, 3.05) is 20.8 Å². The number of esters is 2. The molecule has 162 valence electrons. The summed E-state index contributed by atoms with van der Waals surface area (Å²) in [6, 6.07) is 13.3. The number of aryl methyl sites for hydroxylation is 1. The monoisotopic (exact) mass is 422 g/mol. The van der Waals surface area contributed by atoms with E-state index in [2.05, 4.69) is 4.98 Å². The largest absolute Gasteiger partial charge is 0.497 e. The quantitative estimate of drug-likeness (QED) is 0.489. The van der Waals surface area contributed by atoms with E-state index in [0.717, 1.165) is 28.3 Å². The zero-order chi connectivity index (χ0) is 22.2. The first-order chi connectivity index (χ1) is 15.1. The van der Waals surface area contributed by atoms with E-state index in [9.17, 15) is 9.59 Å². The van der Waals surface area contributed by atoms with Crippen LogP contribution in [0.5, 0.6) is 5.75 Å². The molecule has 0 saturated heterocycles. The Kier molecular flexibility index (Phi) is 7.43. The standard InChI is InChI=1S/C24H26N2O5/c1-4-31-24(28)23-18(5-10-22(27)30-3)16-20(15-17-11-13-25-14-12-17)26(23)19-6-8-21(29-2)9-7-19/h6-9,11-14,16H,4-5,10,15H2,1-3H3. The first-order valence-corrected chi connectivity index (χ1v) is 10.1. The molecule has 1 aromatic carbocycles. The van der Waals surface area contributed by atoms with E-state index in [0.29, 0.717) is 18.5 Å². The third-order valence-electron chi connectivity index (χ3n) is 4.92. The number of benzene rings is 1. The van der Waals surface area contributed by atoms with Crippen LogP contribution < -0.4 is 4.74 Å². The summed E-state index contributed by atoms with van der Waals surface area (Å²) in [5, 5.41) is 0. The molecule has 0 bridgehead atoms. The highest BCUT2D eigenvalue weighted by Crippen LogP contribution is 2.27. The molecular weight excluding hydrogens is 396 g/mol. The van der Waals surface area contributed by atoms with Crippen molar-refractivity contribution in [1.29, 1.82) is 0 Å². The summed E-state index contributed by atoms with van der Waals surface area (Å²) >= 11 is 0. The summed E-state index contributed by atoms with van der Waals surface area (Å²) in [4.78, 5) is 28.8. The van der Waals surface area contributed by atoms with Gasteiger partial charge in [-0.15, -0.1) is 0 Å². The van der Waals surface area contributed by atoms with Gasteiger partial charge in [-0.1, -0.05) is 0 Å². The molecule has 2 heterocycles. The summed E-state index contributed by atoms with van der Waals surface area (Å²) in [5.41, 5.74) is 3.91. The number of rotatable bonds is 9. The van der Waals surface area contributed by atoms with Crippen LogP contribution in [0.1, 0.15) is 40.7 Å². The molecule has 3 rings (SSSR count). The van der Waals surface area contributed by atoms with Crippen LogP contribution in [0, 0.1) is 0 Å². The van der Waals surface area contributed by atoms with Crippen LogP contribution in [-0.2, 0) is 27.1 Å². The molecule has 2 aromatic heterocycles. The van der Waals surface area contributed by atoms with Crippen molar-refractivity contribution < 1.29 is 23.8 Å². The molecule has 0 aliphatic carbocycles. The first-order valence-electron chi connectivity index (χ1n) is 10.1. The highest BCUT2D eigenvalue weighted by atomic mass is 16.5. The zero-order valence-corrected chi connectivity index (χ0v) is 18.0. The Balaban J connectivity index is 2.14. The molecule has 31 heavy (non-hydrogen) atoms. The minimum atomic E-state index is -0.431. The maximum Gasteiger partial charge on any atom is 0.355 e. The number of hydrogen-bond donors (Lipinski definition) is 0. The van der Waals surface area contributed by atoms with Crippen LogP contribution in [0.2, 0.25) is 0 Å². The number of pyridine rings is 1. The van der Waals surface area contributed by atoms with Gasteiger partial charge in [-0.05, 0) is 66.9 Å². The Morgan fingerprint density at radius 1 is 1.03 bits per heavy atom. The number of carbonyl (C=O) groups excluding carboxylic acids is 2. The van der Waals surface area contributed by atoms with Crippen molar-refractivity contribution in [3.05, 3.63) is 77.4 Å². The highest BCUT2D eigenvalue weighted by Gasteiger charge is 2.24. The first kappa shape index (κ1) is 22.1. The van der Waals surface area contributed by atoms with E-state index >= 15 is 0 Å². The second-order valence-electron chi connectivity index (χ2n) is 6.87. The maximum atomic E-state index is 13.0. The average molecular weight is 422 g/mol. The van der Waals surface area contributed by atoms with Gasteiger partial charge >= 0.3 is 11.9 Å². The molecular formula is C24H26N2O5. The van der Waals surface area contributed by atoms with Gasteiger partial charge in [0.15, 0.2) is 0 Å². The lowest BCUT2D eigenvalue weighted by Crippen LogP contribution is -2.15. The lowest BCUT2D eigenvalue weighted by Gasteiger charge is -2.14. The molecule has 0 N–H and O–H groups in total. The molecule has 7 heteroatoms. The number of ether oxygens (including phenoxy) is 3. The fourth-order valence-corrected chi connectivity index (χ4v) is 3.44. The second-order valence-corrected chi connectivity index (χ2v) is 6.87. The van der Waals surface area contributed by atoms with E-state index < -0.39 is 5.97 Å². The average Bonchev–Trinajstić information content (AvgIpc) is 3.16. The van der Waals surface area contributed by atoms with Crippen molar-refractivity contribution in [3.8, 4) is 11.4 Å². The van der Waals surface area contributed by atoms with Gasteiger partial charge < -0.3 is 18.8 Å². The van der Waals surface area contributed by atoms with Gasteiger partial charge in [-0.25, -0.2) is 4.79 Å². The lowest BCUT2D eigenvalue weighted by molar-refractivity contribution is -0.140. The molecule has 0 aliphatic heterocycles. The van der Waals surface area contributed by atoms with Crippen molar-refractivity contribution >= 4 is 11.9 Å². The Labute approximate surface area is 181 Å². The van der Waals surface area contributed by atoms with Gasteiger partial charge in [0, 0.05) is 36.6 Å². The molecule has 0 atom stereocenters. The van der Waals surface area contributed by atoms with Gasteiger partial charge in [-0.3, -0.25) is 9.78 Å². The van der Waals surface area contributed by atoms with Gasteiger partial charge in [0.25, 0.3) is 0 Å². The Morgan fingerprint density at radius 3 is 2.35 bits per heavy atom. The van der Waals surface area contributed by atoms with Crippen LogP contribution in [-0.4, -0.2) is 42.3 Å². The van der Waals surface area contributed by atoms with Crippen LogP contribution in [0.25, 0.3) is 5.69 Å². The highest BCUT2D eigenvalue weighted by molar-refractivity contribution is 5.91. The van der Waals surface area contributed by atoms with Gasteiger partial charge in [0.05, 0.1) is 20.8 Å². The lowest BCUT2D eigenvalue weighted by atomic mass is 10.1. The van der Waals surface area contributed by atoms with Crippen LogP contribution in [0.4, 0.5) is 0 Å². The minimum Gasteiger partial charge on any atom is -0.497 e. The van der Waals surface area contributed by atoms with Crippen LogP contribution in [0.15, 0.2) is 54.9 Å². The Morgan fingerprint density at radius 2 is 1.74 bits per heavy atom. The van der Waals surface area contributed by atoms with Gasteiger partial charge in [0.1, 0.15) is 11.4 Å². The SMILES string of the molecule is CCOC(=O)c1c(CCC(=O)OC)cc(Cc2ccncc2)n1-c1ccc(OC)cc1. The number of carbonyl (C=O) groups is 2. The van der Waals surface area contributed by atoms with E-state index in [4.69, 9.17) is 14.2 Å². The summed E-state index contributed by atoms with van der Waals surface area (Å²) < 4.78 is 17.3. The molecule has 7 nitrogen and oxygen atoms in total. The molecule has 0 amide bonds. The summed E-state index contributed by atoms with van der Waals surface area (Å²) in [6.07, 6.45) is 4.59. The van der Waals surface area contributed by atoms with Crippen molar-refractivity contribution in [3.63, 3.8) is 0 Å². The van der Waals surface area contributed by atoms with Crippen LogP contribution >= 0.6 is 0 Å². The Hall–Kier alpha value is -3.61. The number of methoxy groups -OCH3 is 2. The van der Waals surface area contributed by atoms with Crippen molar-refractivity contribution in [2.24, 2.45) is 0 Å². The predicted molar refractivity (Wildman–Crippen MR) is 116 cm³/mol. The summed E-state index contributed by atoms with van der Waals surface area (Å²) in [7, 11) is 2.96. The molecule has 3 aromatic rings. The van der Waals surface area contributed by atoms with E-state index in [1.807, 2.05) is 47.0 Å². The summed E-state index contributed by atoms with van der Waals surface area (Å²) in [6.45, 7) is 2.02. The van der Waals surface area contributed by atoms with Crippen molar-refractivity contribution in [1.82, 2.24) is 9.55 Å². The number of nitrogens with zero attached hydrogens (tertiary/aromatic N) is 2. The molecule has 0 radical (unpaired) electrons. The third kappa shape index (κ3) is 5.31. The smallest absolute Gasteiger partial charge is 0.355 e. The minimum absolute atomic E-state index is 0.171. The number of aromatic nitrogens is 2. The summed E-state index contributed by atoms with van der Waals surface area (Å²) in [5.74, 6) is -0.0444. The van der Waals surface area contributed by atoms with Crippen LogP contribution in [0.3, 0.4) is 0 Å². The van der Waals surface area contributed by atoms with Crippen molar-refractivity contribution in [2.45, 2.75) is 26.2 Å². The maximum absolute atomic E-state index is 13.0. The molecule has 0 saturated carbocycles. The molecule has 0 aliphatic rings. The Bertz CT molecular complexity index is 1030.